The lowest BCUT2D eigenvalue weighted by Crippen LogP contribution is -2.51. The summed E-state index contributed by atoms with van der Waals surface area (Å²) >= 11 is 0.367. The highest BCUT2D eigenvalue weighted by Gasteiger charge is 2.50. The summed E-state index contributed by atoms with van der Waals surface area (Å²) in [5, 5.41) is 8.05. The van der Waals surface area contributed by atoms with Crippen LogP contribution in [0.2, 0.25) is 0 Å². The van der Waals surface area contributed by atoms with Crippen LogP contribution >= 0.6 is 11.3 Å². The largest absolute Gasteiger partial charge is 0.481 e. The van der Waals surface area contributed by atoms with Crippen LogP contribution in [0.25, 0.3) is 0 Å². The number of rotatable bonds is 3. The highest BCUT2D eigenvalue weighted by Crippen LogP contribution is 2.36. The smallest absolute Gasteiger partial charge is 0.313 e. The second-order valence-electron chi connectivity index (χ2n) is 4.32. The number of hydrogen-bond donors (Lipinski definition) is 1. The summed E-state index contributed by atoms with van der Waals surface area (Å²) in [7, 11) is -4.14. The summed E-state index contributed by atoms with van der Waals surface area (Å²) in [6, 6.07) is 1.97. The number of piperidine rings is 1. The summed E-state index contributed by atoms with van der Waals surface area (Å²) in [4.78, 5) is 10.8. The maximum absolute atomic E-state index is 13.4. The summed E-state index contributed by atoms with van der Waals surface area (Å²) in [6.45, 7) is -1.33. The van der Waals surface area contributed by atoms with Crippen molar-refractivity contribution in [3.05, 3.63) is 17.3 Å². The Bertz CT molecular complexity index is 628. The molecule has 1 saturated heterocycles. The number of sulfonamides is 1. The molecule has 1 aromatic heterocycles. The molecule has 0 bridgehead atoms. The van der Waals surface area contributed by atoms with E-state index in [-0.39, 0.29) is 4.21 Å². The van der Waals surface area contributed by atoms with Crippen LogP contribution in [0.15, 0.2) is 16.3 Å². The minimum Gasteiger partial charge on any atom is -0.481 e. The molecule has 0 spiro atoms. The lowest BCUT2D eigenvalue weighted by Gasteiger charge is -2.35. The van der Waals surface area contributed by atoms with Gasteiger partial charge in [-0.1, -0.05) is 11.3 Å². The van der Waals surface area contributed by atoms with Crippen molar-refractivity contribution in [1.29, 1.82) is 0 Å². The number of aliphatic carboxylic acids is 1. The third-order valence-electron chi connectivity index (χ3n) is 3.03. The molecule has 1 N–H and O–H groups in total. The number of nitrogens with zero attached hydrogens (tertiary/aromatic N) is 1. The van der Waals surface area contributed by atoms with E-state index in [4.69, 9.17) is 5.11 Å². The Morgan fingerprint density at radius 2 is 2.10 bits per heavy atom. The molecule has 0 saturated carbocycles. The number of hydrogen-bond acceptors (Lipinski definition) is 4. The van der Waals surface area contributed by atoms with E-state index in [9.17, 15) is 26.4 Å². The van der Waals surface area contributed by atoms with E-state index in [0.717, 1.165) is 12.1 Å². The van der Waals surface area contributed by atoms with Crippen molar-refractivity contribution >= 4 is 27.3 Å². The maximum Gasteiger partial charge on any atom is 0.313 e. The zero-order chi connectivity index (χ0) is 15.1. The molecule has 0 radical (unpaired) electrons. The normalized spacial score (nSPS) is 23.6. The number of carbonyl (C=O) groups is 1. The van der Waals surface area contributed by atoms with Crippen molar-refractivity contribution in [3.8, 4) is 0 Å². The van der Waals surface area contributed by atoms with Crippen LogP contribution in [0.4, 0.5) is 13.2 Å². The quantitative estimate of drug-likeness (QED) is 0.914. The minimum atomic E-state index is -4.14. The van der Waals surface area contributed by atoms with Gasteiger partial charge in [-0.05, 0) is 12.1 Å². The second-order valence-corrected chi connectivity index (χ2v) is 7.52. The van der Waals surface area contributed by atoms with E-state index in [2.05, 4.69) is 0 Å². The number of carboxylic acids is 1. The molecular formula is C10H10F3NO4S2. The van der Waals surface area contributed by atoms with Crippen molar-refractivity contribution in [2.24, 2.45) is 5.92 Å². The van der Waals surface area contributed by atoms with Crippen LogP contribution in [-0.2, 0) is 14.8 Å². The van der Waals surface area contributed by atoms with E-state index in [1.165, 1.54) is 0 Å². The van der Waals surface area contributed by atoms with Gasteiger partial charge in [-0.3, -0.25) is 4.79 Å². The van der Waals surface area contributed by atoms with Crippen molar-refractivity contribution < 1.29 is 31.5 Å². The topological polar surface area (TPSA) is 74.7 Å². The average Bonchev–Trinajstić information content (AvgIpc) is 2.75. The number of carboxylic acid groups (broad SMARTS) is 1. The molecule has 5 nitrogen and oxygen atoms in total. The van der Waals surface area contributed by atoms with Crippen molar-refractivity contribution in [2.75, 3.05) is 13.1 Å². The van der Waals surface area contributed by atoms with Crippen LogP contribution < -0.4 is 0 Å². The van der Waals surface area contributed by atoms with Gasteiger partial charge in [-0.25, -0.2) is 17.2 Å². The van der Waals surface area contributed by atoms with Gasteiger partial charge in [0.2, 0.25) is 0 Å². The average molecular weight is 329 g/mol. The molecule has 1 aliphatic heterocycles. The molecule has 0 aliphatic carbocycles. The molecule has 1 fully saturated rings. The maximum atomic E-state index is 13.4. The van der Waals surface area contributed by atoms with Gasteiger partial charge in [0.1, 0.15) is 10.1 Å². The Morgan fingerprint density at radius 1 is 1.45 bits per heavy atom. The predicted molar refractivity (Wildman–Crippen MR) is 63.7 cm³/mol. The zero-order valence-electron chi connectivity index (χ0n) is 9.92. The number of alkyl halides is 2. The van der Waals surface area contributed by atoms with E-state index >= 15 is 0 Å². The SMILES string of the molecule is O=C(O)C1CN(S(=O)(=O)c2ccc(F)s2)CCC1(F)F. The summed E-state index contributed by atoms with van der Waals surface area (Å²) in [5.41, 5.74) is 0. The van der Waals surface area contributed by atoms with E-state index in [0.29, 0.717) is 15.6 Å². The lowest BCUT2D eigenvalue weighted by atomic mass is 9.95. The Labute approximate surface area is 116 Å². The van der Waals surface area contributed by atoms with E-state index in [1.54, 1.807) is 0 Å². The predicted octanol–water partition coefficient (Wildman–Crippen LogP) is 1.62. The molecule has 1 aromatic rings. The molecule has 2 rings (SSSR count). The lowest BCUT2D eigenvalue weighted by molar-refractivity contribution is -0.163. The van der Waals surface area contributed by atoms with Crippen LogP contribution in [0.1, 0.15) is 6.42 Å². The third kappa shape index (κ3) is 2.67. The molecule has 20 heavy (non-hydrogen) atoms. The highest BCUT2D eigenvalue weighted by molar-refractivity contribution is 7.91. The van der Waals surface area contributed by atoms with Gasteiger partial charge in [-0.2, -0.15) is 8.70 Å². The molecule has 1 unspecified atom stereocenters. The van der Waals surface area contributed by atoms with Gasteiger partial charge >= 0.3 is 5.97 Å². The number of halogens is 3. The Morgan fingerprint density at radius 3 is 2.60 bits per heavy atom. The Kier molecular flexibility index (Phi) is 3.82. The summed E-state index contributed by atoms with van der Waals surface area (Å²) < 4.78 is 64.3. The molecule has 112 valence electrons. The fourth-order valence-corrected chi connectivity index (χ4v) is 4.53. The van der Waals surface area contributed by atoms with Gasteiger partial charge in [0, 0.05) is 19.5 Å². The fourth-order valence-electron chi connectivity index (χ4n) is 1.92. The van der Waals surface area contributed by atoms with Gasteiger partial charge in [0.05, 0.1) is 0 Å². The minimum absolute atomic E-state index is 0.329. The first-order chi connectivity index (χ1) is 9.14. The van der Waals surface area contributed by atoms with E-state index < -0.39 is 52.5 Å². The molecular weight excluding hydrogens is 319 g/mol. The van der Waals surface area contributed by atoms with Gasteiger partial charge in [-0.15, -0.1) is 0 Å². The van der Waals surface area contributed by atoms with Crippen LogP contribution in [-0.4, -0.2) is 42.8 Å². The van der Waals surface area contributed by atoms with Crippen LogP contribution in [0.3, 0.4) is 0 Å². The second kappa shape index (κ2) is 5.01. The molecule has 2 heterocycles. The first kappa shape index (κ1) is 15.3. The molecule has 1 atom stereocenters. The third-order valence-corrected chi connectivity index (χ3v) is 6.24. The zero-order valence-corrected chi connectivity index (χ0v) is 11.6. The van der Waals surface area contributed by atoms with Gasteiger partial charge in [0.15, 0.2) is 5.13 Å². The molecule has 0 amide bonds. The van der Waals surface area contributed by atoms with Crippen molar-refractivity contribution in [2.45, 2.75) is 16.6 Å². The summed E-state index contributed by atoms with van der Waals surface area (Å²) in [6.07, 6.45) is -0.878. The van der Waals surface area contributed by atoms with Crippen LogP contribution in [0.5, 0.6) is 0 Å². The Balaban J connectivity index is 2.29. The van der Waals surface area contributed by atoms with Crippen molar-refractivity contribution in [1.82, 2.24) is 4.31 Å². The first-order valence-electron chi connectivity index (χ1n) is 5.51. The first-order valence-corrected chi connectivity index (χ1v) is 7.76. The molecule has 0 aromatic carbocycles. The monoisotopic (exact) mass is 329 g/mol. The standard InChI is InChI=1S/C10H10F3NO4S2/c11-7-1-2-8(19-7)20(17,18)14-4-3-10(12,13)6(5-14)9(15)16/h1-2,6H,3-5H2,(H,15,16). The highest BCUT2D eigenvalue weighted by atomic mass is 32.2. The van der Waals surface area contributed by atoms with Crippen molar-refractivity contribution in [3.63, 3.8) is 0 Å². The van der Waals surface area contributed by atoms with Gasteiger partial charge < -0.3 is 5.11 Å². The van der Waals surface area contributed by atoms with E-state index in [1.807, 2.05) is 0 Å². The summed E-state index contributed by atoms with van der Waals surface area (Å²) in [5.74, 6) is -7.32. The van der Waals surface area contributed by atoms with Crippen LogP contribution in [0, 0.1) is 11.0 Å². The van der Waals surface area contributed by atoms with Gasteiger partial charge in [0.25, 0.3) is 15.9 Å². The molecule has 10 heteroatoms. The molecule has 1 aliphatic rings. The number of thiophene rings is 1. The fraction of sp³-hybridized carbons (Fsp3) is 0.500. The Hall–Kier alpha value is -1.13.